The molecular weight excluding hydrogens is 254 g/mol. The lowest BCUT2D eigenvalue weighted by molar-refractivity contribution is -0.129. The number of nitrogens with zero attached hydrogens (tertiary/aromatic N) is 2. The van der Waals surface area contributed by atoms with Crippen LogP contribution in [0.4, 0.5) is 5.82 Å². The lowest BCUT2D eigenvalue weighted by Gasteiger charge is -2.21. The molecule has 0 saturated carbocycles. The number of rotatable bonds is 6. The van der Waals surface area contributed by atoms with Crippen LogP contribution in [0, 0.1) is 6.92 Å². The predicted molar refractivity (Wildman–Crippen MR) is 77.3 cm³/mol. The molecule has 2 aromatic rings. The van der Waals surface area contributed by atoms with Crippen LogP contribution in [0.2, 0.25) is 0 Å². The summed E-state index contributed by atoms with van der Waals surface area (Å²) >= 11 is 0. The van der Waals surface area contributed by atoms with E-state index in [2.05, 4.69) is 10.5 Å². The summed E-state index contributed by atoms with van der Waals surface area (Å²) in [5.74, 6) is 1.35. The highest BCUT2D eigenvalue weighted by atomic mass is 16.5. The fourth-order valence-electron chi connectivity index (χ4n) is 1.91. The highest BCUT2D eigenvalue weighted by Gasteiger charge is 2.12. The first-order chi connectivity index (χ1) is 9.69. The minimum Gasteiger partial charge on any atom is -0.360 e. The molecule has 1 N–H and O–H groups in total. The summed E-state index contributed by atoms with van der Waals surface area (Å²) in [6.07, 6.45) is 0. The minimum absolute atomic E-state index is 0.0389. The van der Waals surface area contributed by atoms with Crippen LogP contribution >= 0.6 is 0 Å². The third-order valence-corrected chi connectivity index (χ3v) is 3.00. The summed E-state index contributed by atoms with van der Waals surface area (Å²) in [6, 6.07) is 11.7. The summed E-state index contributed by atoms with van der Waals surface area (Å²) in [6.45, 7) is 5.30. The van der Waals surface area contributed by atoms with E-state index >= 15 is 0 Å². The van der Waals surface area contributed by atoms with Crippen molar-refractivity contribution < 1.29 is 9.32 Å². The molecule has 5 heteroatoms. The summed E-state index contributed by atoms with van der Waals surface area (Å²) in [5.41, 5.74) is 1.12. The Morgan fingerprint density at radius 1 is 1.35 bits per heavy atom. The van der Waals surface area contributed by atoms with Gasteiger partial charge >= 0.3 is 0 Å². The zero-order valence-corrected chi connectivity index (χ0v) is 11.8. The number of nitrogens with one attached hydrogen (secondary N) is 1. The van der Waals surface area contributed by atoms with Gasteiger partial charge < -0.3 is 14.7 Å². The van der Waals surface area contributed by atoms with Crippen molar-refractivity contribution in [2.45, 2.75) is 20.4 Å². The first kappa shape index (κ1) is 14.1. The molecular formula is C15H19N3O2. The van der Waals surface area contributed by atoms with Crippen molar-refractivity contribution in [2.24, 2.45) is 0 Å². The van der Waals surface area contributed by atoms with Crippen LogP contribution in [0.1, 0.15) is 18.2 Å². The van der Waals surface area contributed by atoms with Crippen LogP contribution < -0.4 is 5.32 Å². The Labute approximate surface area is 118 Å². The zero-order chi connectivity index (χ0) is 14.4. The molecule has 0 saturated heterocycles. The van der Waals surface area contributed by atoms with Gasteiger partial charge in [0.15, 0.2) is 5.82 Å². The fraction of sp³-hybridized carbons (Fsp3) is 0.333. The van der Waals surface area contributed by atoms with Gasteiger partial charge in [-0.3, -0.25) is 4.79 Å². The quantitative estimate of drug-likeness (QED) is 0.878. The molecule has 0 aliphatic heterocycles. The molecule has 2 rings (SSSR count). The van der Waals surface area contributed by atoms with E-state index in [9.17, 15) is 4.79 Å². The molecule has 0 spiro atoms. The summed E-state index contributed by atoms with van der Waals surface area (Å²) < 4.78 is 4.94. The zero-order valence-electron chi connectivity index (χ0n) is 11.8. The molecule has 0 atom stereocenters. The Morgan fingerprint density at radius 2 is 2.10 bits per heavy atom. The molecule has 106 valence electrons. The summed E-state index contributed by atoms with van der Waals surface area (Å²) in [4.78, 5) is 14.0. The normalized spacial score (nSPS) is 10.3. The molecule has 0 aliphatic carbocycles. The number of anilines is 1. The highest BCUT2D eigenvalue weighted by Crippen LogP contribution is 2.08. The van der Waals surface area contributed by atoms with E-state index in [0.717, 1.165) is 11.3 Å². The minimum atomic E-state index is 0.0389. The third kappa shape index (κ3) is 3.85. The maximum absolute atomic E-state index is 12.2. The lowest BCUT2D eigenvalue weighted by atomic mass is 10.2. The topological polar surface area (TPSA) is 58.4 Å². The Morgan fingerprint density at radius 3 is 2.70 bits per heavy atom. The van der Waals surface area contributed by atoms with Crippen LogP contribution in [-0.4, -0.2) is 29.1 Å². The van der Waals surface area contributed by atoms with Crippen molar-refractivity contribution in [3.05, 3.63) is 47.7 Å². The number of carbonyl (C=O) groups excluding carboxylic acids is 1. The molecule has 0 unspecified atom stereocenters. The van der Waals surface area contributed by atoms with E-state index in [1.165, 1.54) is 0 Å². The largest absolute Gasteiger partial charge is 0.360 e. The van der Waals surface area contributed by atoms with E-state index in [1.54, 1.807) is 11.0 Å². The number of carbonyl (C=O) groups is 1. The second kappa shape index (κ2) is 6.75. The van der Waals surface area contributed by atoms with E-state index in [1.807, 2.05) is 44.2 Å². The van der Waals surface area contributed by atoms with Gasteiger partial charge in [0.25, 0.3) is 0 Å². The molecule has 1 aromatic heterocycles. The Kier molecular flexibility index (Phi) is 4.76. The maximum Gasteiger partial charge on any atom is 0.242 e. The van der Waals surface area contributed by atoms with Crippen LogP contribution in [0.5, 0.6) is 0 Å². The number of aromatic nitrogens is 1. The summed E-state index contributed by atoms with van der Waals surface area (Å²) in [5, 5.41) is 6.77. The average Bonchev–Trinajstić information content (AvgIpc) is 2.89. The average molecular weight is 273 g/mol. The molecule has 0 aliphatic rings. The van der Waals surface area contributed by atoms with Gasteiger partial charge in [-0.15, -0.1) is 0 Å². The van der Waals surface area contributed by atoms with Gasteiger partial charge in [-0.1, -0.05) is 35.5 Å². The number of hydrogen-bond donors (Lipinski definition) is 1. The van der Waals surface area contributed by atoms with Crippen LogP contribution in [-0.2, 0) is 11.3 Å². The highest BCUT2D eigenvalue weighted by molar-refractivity contribution is 5.80. The Balaban J connectivity index is 1.89. The number of aryl methyl sites for hydroxylation is 1. The first-order valence-electron chi connectivity index (χ1n) is 6.68. The fourth-order valence-corrected chi connectivity index (χ4v) is 1.91. The number of amides is 1. The number of hydrogen-bond acceptors (Lipinski definition) is 4. The van der Waals surface area contributed by atoms with Crippen LogP contribution in [0.25, 0.3) is 0 Å². The number of benzene rings is 1. The third-order valence-electron chi connectivity index (χ3n) is 3.00. The second-order valence-corrected chi connectivity index (χ2v) is 4.57. The molecule has 0 radical (unpaired) electrons. The smallest absolute Gasteiger partial charge is 0.242 e. The van der Waals surface area contributed by atoms with E-state index in [0.29, 0.717) is 18.9 Å². The van der Waals surface area contributed by atoms with E-state index < -0.39 is 0 Å². The van der Waals surface area contributed by atoms with Gasteiger partial charge in [-0.2, -0.15) is 0 Å². The molecule has 1 aromatic carbocycles. The molecule has 5 nitrogen and oxygen atoms in total. The van der Waals surface area contributed by atoms with Gasteiger partial charge in [-0.05, 0) is 19.4 Å². The molecule has 1 heterocycles. The Hall–Kier alpha value is -2.30. The lowest BCUT2D eigenvalue weighted by Crippen LogP contribution is -2.35. The van der Waals surface area contributed by atoms with Crippen molar-refractivity contribution in [1.82, 2.24) is 10.1 Å². The van der Waals surface area contributed by atoms with E-state index in [-0.39, 0.29) is 12.5 Å². The van der Waals surface area contributed by atoms with Crippen molar-refractivity contribution in [2.75, 3.05) is 18.4 Å². The van der Waals surface area contributed by atoms with E-state index in [4.69, 9.17) is 4.52 Å². The number of likely N-dealkylation sites (N-methyl/N-ethyl adjacent to an activating group) is 1. The first-order valence-corrected chi connectivity index (χ1v) is 6.68. The van der Waals surface area contributed by atoms with Gasteiger partial charge in [0.05, 0.1) is 6.54 Å². The van der Waals surface area contributed by atoms with Crippen LogP contribution in [0.15, 0.2) is 40.9 Å². The van der Waals surface area contributed by atoms with Gasteiger partial charge in [-0.25, -0.2) is 0 Å². The van der Waals surface area contributed by atoms with Gasteiger partial charge in [0.2, 0.25) is 5.91 Å². The van der Waals surface area contributed by atoms with Crippen LogP contribution in [0.3, 0.4) is 0 Å². The SMILES string of the molecule is CCN(Cc1ccccc1)C(=O)CNc1cc(C)on1. The summed E-state index contributed by atoms with van der Waals surface area (Å²) in [7, 11) is 0. The Bertz CT molecular complexity index is 551. The molecule has 20 heavy (non-hydrogen) atoms. The van der Waals surface area contributed by atoms with Crippen molar-refractivity contribution in [3.8, 4) is 0 Å². The van der Waals surface area contributed by atoms with Gasteiger partial charge in [0.1, 0.15) is 5.76 Å². The van der Waals surface area contributed by atoms with Crippen molar-refractivity contribution >= 4 is 11.7 Å². The van der Waals surface area contributed by atoms with Crippen molar-refractivity contribution in [3.63, 3.8) is 0 Å². The predicted octanol–water partition coefficient (Wildman–Crippen LogP) is 2.44. The molecule has 1 amide bonds. The van der Waals surface area contributed by atoms with Crippen molar-refractivity contribution in [1.29, 1.82) is 0 Å². The maximum atomic E-state index is 12.2. The monoisotopic (exact) mass is 273 g/mol. The standard InChI is InChI=1S/C15H19N3O2/c1-3-18(11-13-7-5-4-6-8-13)15(19)10-16-14-9-12(2)20-17-14/h4-9H,3,10-11H2,1-2H3,(H,16,17). The molecule has 0 fully saturated rings. The van der Waals surface area contributed by atoms with Gasteiger partial charge in [0, 0.05) is 19.2 Å². The molecule has 0 bridgehead atoms. The second-order valence-electron chi connectivity index (χ2n) is 4.57.